The normalized spacial score (nSPS) is 11.6. The third kappa shape index (κ3) is 78.0. The summed E-state index contributed by atoms with van der Waals surface area (Å²) < 4.78 is 136. The van der Waals surface area contributed by atoms with Gasteiger partial charge in [0.05, 0.1) is 324 Å². The maximum Gasteiger partial charge on any atom is 0.219 e. The zero-order valence-corrected chi connectivity index (χ0v) is 48.8. The molecule has 0 aromatic rings. The molecule has 81 heavy (non-hydrogen) atoms. The molecule has 2 N–H and O–H groups in total. The van der Waals surface area contributed by atoms with E-state index in [1.54, 1.807) is 0 Å². The van der Waals surface area contributed by atoms with Crippen molar-refractivity contribution in [2.45, 2.75) is 6.42 Å². The number of carbonyl (C=O) groups is 1. The van der Waals surface area contributed by atoms with Gasteiger partial charge < -0.3 is 124 Å². The zero-order valence-electron chi connectivity index (χ0n) is 48.8. The first-order valence-electron chi connectivity index (χ1n) is 28.4. The van der Waals surface area contributed by atoms with Gasteiger partial charge in [-0.05, 0) is 0 Å². The van der Waals surface area contributed by atoms with Crippen molar-refractivity contribution in [3.63, 3.8) is 0 Å². The van der Waals surface area contributed by atoms with Crippen LogP contribution in [-0.2, 0) is 123 Å². The smallest absolute Gasteiger partial charge is 0.219 e. The molecule has 0 fully saturated rings. The molecular weight excluding hydrogens is 1080 g/mol. The van der Waals surface area contributed by atoms with Crippen molar-refractivity contribution in [1.29, 1.82) is 0 Å². The minimum atomic E-state index is -0.380. The van der Waals surface area contributed by atoms with Crippen LogP contribution in [0.4, 0.5) is 0 Å². The summed E-state index contributed by atoms with van der Waals surface area (Å²) in [5.74, 6) is 2.02. The van der Waals surface area contributed by atoms with Crippen LogP contribution < -0.4 is 5.73 Å². The maximum atomic E-state index is 10.6. The Labute approximate surface area is 482 Å². The zero-order chi connectivity index (χ0) is 58.0. The molecule has 0 atom stereocenters. The lowest BCUT2D eigenvalue weighted by molar-refractivity contribution is -0.119. The lowest BCUT2D eigenvalue weighted by Crippen LogP contribution is -2.16. The van der Waals surface area contributed by atoms with E-state index < -0.39 is 0 Å². The molecule has 27 heteroatoms. The fraction of sp³-hybridized carbons (Fsp3) is 0.944. The van der Waals surface area contributed by atoms with Crippen molar-refractivity contribution in [2.24, 2.45) is 5.73 Å². The van der Waals surface area contributed by atoms with Gasteiger partial charge in [0.25, 0.3) is 0 Å². The molecular formula is C54H105NO26. The number of terminal acetylenes is 1. The van der Waals surface area contributed by atoms with E-state index in [-0.39, 0.29) is 12.3 Å². The van der Waals surface area contributed by atoms with Crippen molar-refractivity contribution in [3.05, 3.63) is 0 Å². The Morgan fingerprint density at radius 3 is 0.395 bits per heavy atom. The molecule has 27 nitrogen and oxygen atoms in total. The topological polar surface area (TPSA) is 274 Å². The molecule has 1 amide bonds. The third-order valence-electron chi connectivity index (χ3n) is 9.61. The second-order valence-electron chi connectivity index (χ2n) is 16.2. The van der Waals surface area contributed by atoms with Gasteiger partial charge in [0, 0.05) is 6.42 Å². The van der Waals surface area contributed by atoms with Crippen LogP contribution in [0.15, 0.2) is 0 Å². The molecule has 0 saturated heterocycles. The molecule has 0 heterocycles. The van der Waals surface area contributed by atoms with Gasteiger partial charge in [-0.25, -0.2) is 0 Å². The fourth-order valence-electron chi connectivity index (χ4n) is 5.58. The Morgan fingerprint density at radius 2 is 0.296 bits per heavy atom. The molecule has 0 aliphatic heterocycles. The van der Waals surface area contributed by atoms with E-state index in [0.717, 1.165) is 0 Å². The summed E-state index contributed by atoms with van der Waals surface area (Å²) in [6.07, 6.45) is 5.31. The predicted octanol–water partition coefficient (Wildman–Crippen LogP) is -0.0900. The summed E-state index contributed by atoms with van der Waals surface area (Å²) in [6.45, 7) is 23.7. The van der Waals surface area contributed by atoms with Gasteiger partial charge >= 0.3 is 0 Å². The largest absolute Gasteiger partial charge is 0.379 e. The van der Waals surface area contributed by atoms with Crippen LogP contribution in [0.25, 0.3) is 0 Å². The highest BCUT2D eigenvalue weighted by Crippen LogP contribution is 1.92. The lowest BCUT2D eigenvalue weighted by atomic mass is 10.4. The van der Waals surface area contributed by atoms with Crippen molar-refractivity contribution < 1.29 is 123 Å². The predicted molar refractivity (Wildman–Crippen MR) is 293 cm³/mol. The molecule has 0 aliphatic rings. The van der Waals surface area contributed by atoms with Gasteiger partial charge in [-0.15, -0.1) is 6.42 Å². The minimum absolute atomic E-state index is 0.212. The van der Waals surface area contributed by atoms with Crippen LogP contribution in [0, 0.1) is 12.3 Å². The van der Waals surface area contributed by atoms with Gasteiger partial charge in [0.2, 0.25) is 5.91 Å². The fourth-order valence-corrected chi connectivity index (χ4v) is 5.58. The quantitative estimate of drug-likeness (QED) is 0.0616. The summed E-state index contributed by atoms with van der Waals surface area (Å²) in [5.41, 5.74) is 5.03. The van der Waals surface area contributed by atoms with Gasteiger partial charge in [-0.1, -0.05) is 5.92 Å². The summed E-state index contributed by atoms with van der Waals surface area (Å²) in [4.78, 5) is 10.6. The maximum absolute atomic E-state index is 10.6. The van der Waals surface area contributed by atoms with E-state index in [1.807, 2.05) is 0 Å². The van der Waals surface area contributed by atoms with Gasteiger partial charge in [-0.2, -0.15) is 0 Å². The highest BCUT2D eigenvalue weighted by atomic mass is 16.6. The van der Waals surface area contributed by atoms with E-state index in [1.165, 1.54) is 0 Å². The molecule has 0 aromatic carbocycles. The van der Waals surface area contributed by atoms with Crippen LogP contribution in [0.3, 0.4) is 0 Å². The summed E-state index contributed by atoms with van der Waals surface area (Å²) in [5, 5.41) is 0. The van der Waals surface area contributed by atoms with Crippen molar-refractivity contribution in [3.8, 4) is 12.3 Å². The van der Waals surface area contributed by atoms with Crippen LogP contribution in [-0.4, -0.2) is 336 Å². The highest BCUT2D eigenvalue weighted by molar-refractivity contribution is 5.73. The Bertz CT molecular complexity index is 1200. The van der Waals surface area contributed by atoms with E-state index in [2.05, 4.69) is 5.92 Å². The first-order chi connectivity index (χ1) is 40.3. The molecule has 0 aromatic heterocycles. The van der Waals surface area contributed by atoms with Gasteiger partial charge in [-0.3, -0.25) is 4.79 Å². The number of nitrogens with two attached hydrogens (primary N) is 1. The van der Waals surface area contributed by atoms with Crippen molar-refractivity contribution in [2.75, 3.05) is 330 Å². The molecule has 0 saturated carbocycles. The van der Waals surface area contributed by atoms with Gasteiger partial charge in [0.1, 0.15) is 6.61 Å². The second kappa shape index (κ2) is 76.0. The molecule has 0 bridgehead atoms. The number of hydrogen-bond donors (Lipinski definition) is 1. The Morgan fingerprint density at radius 1 is 0.198 bits per heavy atom. The highest BCUT2D eigenvalue weighted by Gasteiger charge is 2.01. The molecule has 0 unspecified atom stereocenters. The standard InChI is InChI=1S/C54H105NO26/c1-2-4-57-6-8-59-10-12-61-14-16-63-18-20-65-22-24-67-26-28-69-30-32-71-34-36-73-38-40-75-42-44-77-46-48-79-50-52-81-53-51-80-49-47-78-45-43-76-41-39-74-37-35-72-33-31-70-29-27-68-25-23-66-21-19-64-17-15-62-13-11-60-9-7-58-5-3-54(55)56/h1H,3-53H2,(H2,55,56). The molecule has 0 radical (unpaired) electrons. The van der Waals surface area contributed by atoms with Gasteiger partial charge in [0.15, 0.2) is 0 Å². The summed E-state index contributed by atoms with van der Waals surface area (Å²) >= 11 is 0. The minimum Gasteiger partial charge on any atom is -0.379 e. The molecule has 0 spiro atoms. The number of hydrogen-bond acceptors (Lipinski definition) is 26. The Kier molecular flexibility index (Phi) is 74.2. The van der Waals surface area contributed by atoms with Crippen LogP contribution in [0.2, 0.25) is 0 Å². The third-order valence-corrected chi connectivity index (χ3v) is 9.61. The van der Waals surface area contributed by atoms with E-state index in [4.69, 9.17) is 131 Å². The second-order valence-corrected chi connectivity index (χ2v) is 16.2. The first-order valence-corrected chi connectivity index (χ1v) is 28.4. The SMILES string of the molecule is C#CCOCCOCCOCCOCCOCCOCCOCCOCCOCCOCCOCCOCCOCCOCCOCCOCCOCCOCCOCCOCCOCCOCCOCCOCCOCCC(N)=O. The number of carbonyl (C=O) groups excluding carboxylic acids is 1. The monoisotopic (exact) mass is 1180 g/mol. The number of primary amides is 1. The first kappa shape index (κ1) is 79.0. The molecule has 0 rings (SSSR count). The average Bonchev–Trinajstić information content (AvgIpc) is 3.47. The number of amides is 1. The summed E-state index contributed by atoms with van der Waals surface area (Å²) in [7, 11) is 0. The molecule has 482 valence electrons. The average molecular weight is 1180 g/mol. The van der Waals surface area contributed by atoms with Crippen LogP contribution in [0.5, 0.6) is 0 Å². The van der Waals surface area contributed by atoms with E-state index >= 15 is 0 Å². The number of ether oxygens (including phenoxy) is 25. The number of rotatable bonds is 76. The van der Waals surface area contributed by atoms with Crippen molar-refractivity contribution in [1.82, 2.24) is 0 Å². The molecule has 0 aliphatic carbocycles. The Hall–Kier alpha value is -1.97. The summed E-state index contributed by atoms with van der Waals surface area (Å²) in [6, 6.07) is 0. The lowest BCUT2D eigenvalue weighted by Gasteiger charge is -2.09. The van der Waals surface area contributed by atoms with E-state index in [0.29, 0.717) is 330 Å². The van der Waals surface area contributed by atoms with E-state index in [9.17, 15) is 4.79 Å². The van der Waals surface area contributed by atoms with Crippen LogP contribution >= 0.6 is 0 Å². The van der Waals surface area contributed by atoms with Crippen LogP contribution in [0.1, 0.15) is 6.42 Å². The van der Waals surface area contributed by atoms with Crippen molar-refractivity contribution >= 4 is 5.91 Å². The Balaban J connectivity index is 3.08.